The second kappa shape index (κ2) is 7.32. The van der Waals surface area contributed by atoms with Crippen LogP contribution in [-0.4, -0.2) is 23.1 Å². The molecule has 0 spiro atoms. The summed E-state index contributed by atoms with van der Waals surface area (Å²) in [5.74, 6) is -0.461. The van der Waals surface area contributed by atoms with Gasteiger partial charge >= 0.3 is 5.97 Å². The molecule has 1 aliphatic carbocycles. The summed E-state index contributed by atoms with van der Waals surface area (Å²) >= 11 is 7.51. The molecule has 24 heavy (non-hydrogen) atoms. The lowest BCUT2D eigenvalue weighted by molar-refractivity contribution is -0.149. The van der Waals surface area contributed by atoms with Crippen LogP contribution in [-0.2, 0) is 20.9 Å². The molecule has 1 saturated carbocycles. The Morgan fingerprint density at radius 1 is 1.42 bits per heavy atom. The van der Waals surface area contributed by atoms with E-state index in [1.54, 1.807) is 0 Å². The fraction of sp³-hybridized carbons (Fsp3) is 0.353. The van der Waals surface area contributed by atoms with Gasteiger partial charge in [-0.2, -0.15) is 4.99 Å². The third-order valence-electron chi connectivity index (χ3n) is 3.93. The predicted molar refractivity (Wildman–Crippen MR) is 91.7 cm³/mol. The van der Waals surface area contributed by atoms with E-state index >= 15 is 0 Å². The van der Waals surface area contributed by atoms with Crippen LogP contribution in [0, 0.1) is 11.8 Å². The van der Waals surface area contributed by atoms with Gasteiger partial charge in [0.2, 0.25) is 0 Å². The molecule has 3 rings (SSSR count). The van der Waals surface area contributed by atoms with E-state index in [2.05, 4.69) is 4.99 Å². The zero-order valence-electron chi connectivity index (χ0n) is 13.1. The van der Waals surface area contributed by atoms with Crippen molar-refractivity contribution in [3.63, 3.8) is 0 Å². The molecule has 0 bridgehead atoms. The van der Waals surface area contributed by atoms with Crippen LogP contribution in [0.4, 0.5) is 0 Å². The van der Waals surface area contributed by atoms with Crippen LogP contribution in [0.25, 0.3) is 0 Å². The first kappa shape index (κ1) is 16.9. The Morgan fingerprint density at radius 3 is 2.88 bits per heavy atom. The van der Waals surface area contributed by atoms with Crippen molar-refractivity contribution < 1.29 is 14.3 Å². The third kappa shape index (κ3) is 4.13. The van der Waals surface area contributed by atoms with E-state index in [1.807, 2.05) is 47.3 Å². The number of hydrogen-bond donors (Lipinski definition) is 0. The molecule has 126 valence electrons. The molecule has 0 aliphatic heterocycles. The summed E-state index contributed by atoms with van der Waals surface area (Å²) < 4.78 is 6.86. The summed E-state index contributed by atoms with van der Waals surface area (Å²) in [6, 6.07) is 7.53. The molecule has 0 saturated heterocycles. The number of carbonyl (C=O) groups is 2. The van der Waals surface area contributed by atoms with Crippen LogP contribution in [0.1, 0.15) is 18.9 Å². The quantitative estimate of drug-likeness (QED) is 0.766. The zero-order chi connectivity index (χ0) is 17.1. The molecule has 1 aromatic heterocycles. The summed E-state index contributed by atoms with van der Waals surface area (Å²) in [6.07, 6.45) is 2.69. The summed E-state index contributed by atoms with van der Waals surface area (Å²) in [7, 11) is 0. The molecule has 2 aromatic rings. The van der Waals surface area contributed by atoms with Gasteiger partial charge in [0.1, 0.15) is 0 Å². The Morgan fingerprint density at radius 2 is 2.17 bits per heavy atom. The molecular weight excluding hydrogens is 348 g/mol. The summed E-state index contributed by atoms with van der Waals surface area (Å²) in [6.45, 7) is 2.20. The lowest BCUT2D eigenvalue weighted by Crippen LogP contribution is -2.20. The minimum absolute atomic E-state index is 0.0512. The molecule has 7 heteroatoms. The largest absolute Gasteiger partial charge is 0.455 e. The number of amides is 1. The van der Waals surface area contributed by atoms with E-state index in [-0.39, 0.29) is 18.5 Å². The van der Waals surface area contributed by atoms with E-state index in [1.165, 1.54) is 11.3 Å². The molecule has 1 heterocycles. The maximum Gasteiger partial charge on any atom is 0.309 e. The minimum atomic E-state index is -0.466. The highest BCUT2D eigenvalue weighted by Gasteiger charge is 2.40. The van der Waals surface area contributed by atoms with Crippen molar-refractivity contribution in [2.75, 3.05) is 6.61 Å². The van der Waals surface area contributed by atoms with E-state index in [9.17, 15) is 9.59 Å². The van der Waals surface area contributed by atoms with Gasteiger partial charge < -0.3 is 9.30 Å². The normalized spacial score (nSPS) is 20.0. The van der Waals surface area contributed by atoms with E-state index in [0.717, 1.165) is 12.0 Å². The second-order valence-electron chi connectivity index (χ2n) is 5.84. The number of thiazole rings is 1. The van der Waals surface area contributed by atoms with Crippen LogP contribution >= 0.6 is 22.9 Å². The minimum Gasteiger partial charge on any atom is -0.455 e. The molecule has 5 nitrogen and oxygen atoms in total. The first-order chi connectivity index (χ1) is 11.5. The van der Waals surface area contributed by atoms with Gasteiger partial charge in [0.15, 0.2) is 11.4 Å². The van der Waals surface area contributed by atoms with Gasteiger partial charge in [0, 0.05) is 16.6 Å². The Hall–Kier alpha value is -1.92. The number of hydrogen-bond acceptors (Lipinski definition) is 4. The number of aromatic nitrogens is 1. The number of carbonyl (C=O) groups excluding carboxylic acids is 2. The average molecular weight is 365 g/mol. The monoisotopic (exact) mass is 364 g/mol. The van der Waals surface area contributed by atoms with Gasteiger partial charge in [-0.25, -0.2) is 0 Å². The summed E-state index contributed by atoms with van der Waals surface area (Å²) in [5.41, 5.74) is 0.945. The van der Waals surface area contributed by atoms with Crippen molar-refractivity contribution in [3.8, 4) is 0 Å². The Balaban J connectivity index is 1.65. The maximum atomic E-state index is 11.9. The standard InChI is InChI=1S/C17H17ClN2O3S/c1-11-8-13(11)16(22)23-10-15(21)19-17-20(6-7-24-17)9-12-4-2-3-5-14(12)18/h2-7,11,13H,8-10H2,1H3. The molecule has 1 aliphatic rings. The lowest BCUT2D eigenvalue weighted by atomic mass is 10.2. The summed E-state index contributed by atoms with van der Waals surface area (Å²) in [4.78, 5) is 28.2. The van der Waals surface area contributed by atoms with Crippen molar-refractivity contribution in [2.45, 2.75) is 19.9 Å². The van der Waals surface area contributed by atoms with Gasteiger partial charge in [-0.15, -0.1) is 11.3 Å². The number of halogens is 1. The topological polar surface area (TPSA) is 60.7 Å². The highest BCUT2D eigenvalue weighted by atomic mass is 35.5. The molecule has 0 radical (unpaired) electrons. The maximum absolute atomic E-state index is 11.9. The Kier molecular flexibility index (Phi) is 5.16. The van der Waals surface area contributed by atoms with E-state index in [0.29, 0.717) is 22.3 Å². The van der Waals surface area contributed by atoms with E-state index < -0.39 is 5.91 Å². The van der Waals surface area contributed by atoms with Crippen LogP contribution in [0.2, 0.25) is 5.02 Å². The molecule has 1 amide bonds. The van der Waals surface area contributed by atoms with Crippen LogP contribution < -0.4 is 4.80 Å². The Labute approximate surface area is 148 Å². The molecule has 2 atom stereocenters. The van der Waals surface area contributed by atoms with Crippen LogP contribution in [0.3, 0.4) is 0 Å². The molecule has 1 aromatic carbocycles. The SMILES string of the molecule is CC1CC1C(=O)OCC(=O)N=c1sccn1Cc1ccccc1Cl. The van der Waals surface area contributed by atoms with Crippen molar-refractivity contribution >= 4 is 34.8 Å². The van der Waals surface area contributed by atoms with Gasteiger partial charge in [-0.05, 0) is 24.0 Å². The molecule has 2 unspecified atom stereocenters. The van der Waals surface area contributed by atoms with E-state index in [4.69, 9.17) is 16.3 Å². The first-order valence-electron chi connectivity index (χ1n) is 7.66. The number of rotatable bonds is 5. The fourth-order valence-electron chi connectivity index (χ4n) is 2.35. The van der Waals surface area contributed by atoms with Crippen molar-refractivity contribution in [1.82, 2.24) is 4.57 Å². The summed E-state index contributed by atoms with van der Waals surface area (Å²) in [5, 5.41) is 2.52. The number of nitrogens with zero attached hydrogens (tertiary/aromatic N) is 2. The molecular formula is C17H17ClN2O3S. The molecule has 0 N–H and O–H groups in total. The number of esters is 1. The van der Waals surface area contributed by atoms with Crippen LogP contribution in [0.15, 0.2) is 40.8 Å². The number of benzene rings is 1. The second-order valence-corrected chi connectivity index (χ2v) is 7.12. The van der Waals surface area contributed by atoms with Crippen molar-refractivity contribution in [1.29, 1.82) is 0 Å². The Bertz CT molecular complexity index is 827. The van der Waals surface area contributed by atoms with Gasteiger partial charge in [-0.1, -0.05) is 36.7 Å². The average Bonchev–Trinajstić information content (AvgIpc) is 3.14. The third-order valence-corrected chi connectivity index (χ3v) is 5.09. The smallest absolute Gasteiger partial charge is 0.309 e. The van der Waals surface area contributed by atoms with Gasteiger partial charge in [-0.3, -0.25) is 9.59 Å². The number of ether oxygens (including phenoxy) is 1. The lowest BCUT2D eigenvalue weighted by Gasteiger charge is -2.05. The predicted octanol–water partition coefficient (Wildman–Crippen LogP) is 2.88. The zero-order valence-corrected chi connectivity index (χ0v) is 14.7. The highest BCUT2D eigenvalue weighted by molar-refractivity contribution is 7.07. The first-order valence-corrected chi connectivity index (χ1v) is 8.92. The van der Waals surface area contributed by atoms with Crippen molar-refractivity contribution in [3.05, 3.63) is 51.2 Å². The van der Waals surface area contributed by atoms with Gasteiger partial charge in [0.05, 0.1) is 12.5 Å². The fourth-order valence-corrected chi connectivity index (χ4v) is 3.29. The highest BCUT2D eigenvalue weighted by Crippen LogP contribution is 2.38. The van der Waals surface area contributed by atoms with Gasteiger partial charge in [0.25, 0.3) is 5.91 Å². The van der Waals surface area contributed by atoms with Crippen molar-refractivity contribution in [2.24, 2.45) is 16.8 Å². The molecule has 1 fully saturated rings. The van der Waals surface area contributed by atoms with Crippen LogP contribution in [0.5, 0.6) is 0 Å².